The van der Waals surface area contributed by atoms with E-state index in [-0.39, 0.29) is 23.8 Å². The van der Waals surface area contributed by atoms with Crippen molar-refractivity contribution in [3.05, 3.63) is 0 Å². The normalized spacial score (nSPS) is 25.1. The molecule has 1 saturated heterocycles. The van der Waals surface area contributed by atoms with E-state index < -0.39 is 0 Å². The number of hydrazine groups is 1. The molecule has 1 N–H and O–H groups in total. The van der Waals surface area contributed by atoms with Gasteiger partial charge in [-0.2, -0.15) is 0 Å². The first-order chi connectivity index (χ1) is 5.61. The molecule has 4 heteroatoms. The summed E-state index contributed by atoms with van der Waals surface area (Å²) >= 11 is 0. The molecule has 1 spiro atoms. The van der Waals surface area contributed by atoms with Crippen LogP contribution >= 0.6 is 0 Å². The molecule has 1 saturated carbocycles. The van der Waals surface area contributed by atoms with Crippen molar-refractivity contribution in [1.29, 1.82) is 0 Å². The van der Waals surface area contributed by atoms with E-state index >= 15 is 0 Å². The highest BCUT2D eigenvalue weighted by atomic mass is 16.2. The third-order valence-electron chi connectivity index (χ3n) is 2.40. The van der Waals surface area contributed by atoms with Crippen molar-refractivity contribution in [3.8, 4) is 0 Å². The van der Waals surface area contributed by atoms with Crippen LogP contribution in [-0.4, -0.2) is 28.8 Å². The van der Waals surface area contributed by atoms with Crippen molar-refractivity contribution in [2.45, 2.75) is 31.7 Å². The first-order valence-electron chi connectivity index (χ1n) is 4.19. The molecule has 4 nitrogen and oxygen atoms in total. The summed E-state index contributed by atoms with van der Waals surface area (Å²) in [4.78, 5) is 22.0. The molecule has 0 aromatic rings. The van der Waals surface area contributed by atoms with Crippen LogP contribution in [0.15, 0.2) is 0 Å². The van der Waals surface area contributed by atoms with Crippen molar-refractivity contribution >= 4 is 11.7 Å². The lowest BCUT2D eigenvalue weighted by Crippen LogP contribution is -2.41. The second-order valence-electron chi connectivity index (χ2n) is 3.75. The number of rotatable bonds is 2. The fraction of sp³-hybridized carbons (Fsp3) is 0.750. The van der Waals surface area contributed by atoms with Crippen LogP contribution in [0.1, 0.15) is 26.2 Å². The molecule has 0 unspecified atom stereocenters. The SMILES string of the molecule is CC(=O)CN1NC2(CC2)CC1=O. The van der Waals surface area contributed by atoms with Crippen LogP contribution in [0.25, 0.3) is 0 Å². The number of carbonyl (C=O) groups is 2. The van der Waals surface area contributed by atoms with Gasteiger partial charge in [0.1, 0.15) is 0 Å². The lowest BCUT2D eigenvalue weighted by Gasteiger charge is -2.15. The Bertz CT molecular complexity index is 245. The summed E-state index contributed by atoms with van der Waals surface area (Å²) in [5.74, 6) is 0.0799. The van der Waals surface area contributed by atoms with Crippen molar-refractivity contribution in [3.63, 3.8) is 0 Å². The van der Waals surface area contributed by atoms with E-state index in [0.29, 0.717) is 6.42 Å². The van der Waals surface area contributed by atoms with Crippen molar-refractivity contribution in [2.24, 2.45) is 0 Å². The molecule has 0 bridgehead atoms. The van der Waals surface area contributed by atoms with Gasteiger partial charge in [-0.25, -0.2) is 5.43 Å². The van der Waals surface area contributed by atoms with Crippen molar-refractivity contribution < 1.29 is 9.59 Å². The van der Waals surface area contributed by atoms with Crippen molar-refractivity contribution in [1.82, 2.24) is 10.4 Å². The molecule has 1 aliphatic heterocycles. The van der Waals surface area contributed by atoms with E-state index in [1.54, 1.807) is 0 Å². The fourth-order valence-electron chi connectivity index (χ4n) is 1.56. The highest BCUT2D eigenvalue weighted by Crippen LogP contribution is 2.42. The first-order valence-corrected chi connectivity index (χ1v) is 4.19. The highest BCUT2D eigenvalue weighted by molar-refractivity contribution is 5.86. The Balaban J connectivity index is 1.99. The van der Waals surface area contributed by atoms with E-state index in [1.807, 2.05) is 0 Å². The van der Waals surface area contributed by atoms with Gasteiger partial charge in [-0.05, 0) is 19.8 Å². The second kappa shape index (κ2) is 2.29. The van der Waals surface area contributed by atoms with Gasteiger partial charge in [-0.15, -0.1) is 0 Å². The Morgan fingerprint density at radius 1 is 1.67 bits per heavy atom. The standard InChI is InChI=1S/C8H12N2O2/c1-6(11)5-10-7(12)4-8(9-10)2-3-8/h9H,2-5H2,1H3. The van der Waals surface area contributed by atoms with Crippen LogP contribution < -0.4 is 5.43 Å². The molecule has 1 aliphatic carbocycles. The Hall–Kier alpha value is -0.900. The summed E-state index contributed by atoms with van der Waals surface area (Å²) in [6.45, 7) is 1.70. The van der Waals surface area contributed by atoms with Gasteiger partial charge >= 0.3 is 0 Å². The quantitative estimate of drug-likeness (QED) is 0.623. The third-order valence-corrected chi connectivity index (χ3v) is 2.40. The summed E-state index contributed by atoms with van der Waals surface area (Å²) in [5, 5.41) is 1.45. The van der Waals surface area contributed by atoms with E-state index in [4.69, 9.17) is 0 Å². The topological polar surface area (TPSA) is 49.4 Å². The highest BCUT2D eigenvalue weighted by Gasteiger charge is 2.51. The third kappa shape index (κ3) is 1.22. The zero-order chi connectivity index (χ0) is 8.77. The molecule has 0 radical (unpaired) electrons. The number of hydrogen-bond acceptors (Lipinski definition) is 3. The zero-order valence-corrected chi connectivity index (χ0v) is 7.09. The van der Waals surface area contributed by atoms with Gasteiger partial charge in [-0.3, -0.25) is 14.6 Å². The summed E-state index contributed by atoms with van der Waals surface area (Å²) in [6.07, 6.45) is 2.70. The van der Waals surface area contributed by atoms with E-state index in [9.17, 15) is 9.59 Å². The smallest absolute Gasteiger partial charge is 0.239 e. The zero-order valence-electron chi connectivity index (χ0n) is 7.09. The van der Waals surface area contributed by atoms with Gasteiger partial charge < -0.3 is 0 Å². The monoisotopic (exact) mass is 168 g/mol. The average Bonchev–Trinajstić information content (AvgIpc) is 2.59. The molecule has 1 amide bonds. The molecular weight excluding hydrogens is 156 g/mol. The molecule has 1 heterocycles. The number of carbonyl (C=O) groups excluding carboxylic acids is 2. The van der Waals surface area contributed by atoms with Gasteiger partial charge in [0, 0.05) is 12.0 Å². The molecule has 0 atom stereocenters. The molecule has 0 aromatic carbocycles. The number of hydrogen-bond donors (Lipinski definition) is 1. The molecule has 12 heavy (non-hydrogen) atoms. The van der Waals surface area contributed by atoms with E-state index in [0.717, 1.165) is 12.8 Å². The Kier molecular flexibility index (Phi) is 1.48. The summed E-state index contributed by atoms with van der Waals surface area (Å²) < 4.78 is 0. The minimum absolute atomic E-state index is 0.0218. The molecule has 2 aliphatic rings. The maximum atomic E-state index is 11.3. The lowest BCUT2D eigenvalue weighted by atomic mass is 10.2. The Morgan fingerprint density at radius 2 is 2.33 bits per heavy atom. The van der Waals surface area contributed by atoms with Gasteiger partial charge in [0.15, 0.2) is 5.78 Å². The molecule has 66 valence electrons. The minimum atomic E-state index is 0.0218. The molecule has 2 fully saturated rings. The van der Waals surface area contributed by atoms with Gasteiger partial charge in [0.05, 0.1) is 6.54 Å². The number of Topliss-reactive ketones (excluding diaryl/α,β-unsaturated/α-hetero) is 1. The average molecular weight is 168 g/mol. The van der Waals surface area contributed by atoms with Crippen molar-refractivity contribution in [2.75, 3.05) is 6.54 Å². The molecule has 2 rings (SSSR count). The Labute approximate surface area is 70.9 Å². The second-order valence-corrected chi connectivity index (χ2v) is 3.75. The number of nitrogens with zero attached hydrogens (tertiary/aromatic N) is 1. The molecule has 0 aromatic heterocycles. The fourth-order valence-corrected chi connectivity index (χ4v) is 1.56. The van der Waals surface area contributed by atoms with Gasteiger partial charge in [0.25, 0.3) is 0 Å². The number of amides is 1. The Morgan fingerprint density at radius 3 is 2.75 bits per heavy atom. The van der Waals surface area contributed by atoms with Gasteiger partial charge in [-0.1, -0.05) is 0 Å². The summed E-state index contributed by atoms with van der Waals surface area (Å²) in [6, 6.07) is 0. The summed E-state index contributed by atoms with van der Waals surface area (Å²) in [5.41, 5.74) is 3.13. The van der Waals surface area contributed by atoms with E-state index in [1.165, 1.54) is 11.9 Å². The predicted octanol–water partition coefficient (Wildman–Crippen LogP) is -0.155. The minimum Gasteiger partial charge on any atom is -0.298 e. The van der Waals surface area contributed by atoms with Crippen LogP contribution in [0.2, 0.25) is 0 Å². The van der Waals surface area contributed by atoms with Crippen LogP contribution in [0, 0.1) is 0 Å². The van der Waals surface area contributed by atoms with E-state index in [2.05, 4.69) is 5.43 Å². The van der Waals surface area contributed by atoms with Crippen LogP contribution in [0.4, 0.5) is 0 Å². The largest absolute Gasteiger partial charge is 0.298 e. The predicted molar refractivity (Wildman–Crippen MR) is 42.1 cm³/mol. The maximum Gasteiger partial charge on any atom is 0.239 e. The lowest BCUT2D eigenvalue weighted by molar-refractivity contribution is -0.133. The number of nitrogens with one attached hydrogen (secondary N) is 1. The number of ketones is 1. The van der Waals surface area contributed by atoms with Crippen LogP contribution in [-0.2, 0) is 9.59 Å². The molecular formula is C8H12N2O2. The summed E-state index contributed by atoms with van der Waals surface area (Å²) in [7, 11) is 0. The first kappa shape index (κ1) is 7.73. The van der Waals surface area contributed by atoms with Crippen LogP contribution in [0.5, 0.6) is 0 Å². The maximum absolute atomic E-state index is 11.3. The van der Waals surface area contributed by atoms with Crippen LogP contribution in [0.3, 0.4) is 0 Å². The van der Waals surface area contributed by atoms with Gasteiger partial charge in [0.2, 0.25) is 5.91 Å².